The average molecular weight is 505 g/mol. The van der Waals surface area contributed by atoms with Gasteiger partial charge in [-0.1, -0.05) is 17.7 Å². The smallest absolute Gasteiger partial charge is 0.300 e. The molecule has 0 radical (unpaired) electrons. The van der Waals surface area contributed by atoms with Crippen LogP contribution in [0.1, 0.15) is 22.7 Å². The molecule has 1 heterocycles. The number of aliphatic hydroxyl groups excluding tert-OH is 1. The van der Waals surface area contributed by atoms with Crippen molar-refractivity contribution in [3.63, 3.8) is 0 Å². The molecule has 1 N–H and O–H groups in total. The van der Waals surface area contributed by atoms with Crippen LogP contribution < -0.4 is 19.1 Å². The summed E-state index contributed by atoms with van der Waals surface area (Å²) >= 11 is 6.25. The first-order chi connectivity index (χ1) is 17.3. The Hall–Kier alpha value is -4.48. The minimum atomic E-state index is -1.00. The normalized spacial score (nSPS) is 16.5. The number of methoxy groups -OCH3 is 3. The third-order valence-corrected chi connectivity index (χ3v) is 6.16. The highest BCUT2D eigenvalue weighted by molar-refractivity contribution is 6.51. The van der Waals surface area contributed by atoms with E-state index < -0.39 is 23.5 Å². The second kappa shape index (κ2) is 10.0. The van der Waals surface area contributed by atoms with Gasteiger partial charge in [-0.05, 0) is 60.2 Å². The van der Waals surface area contributed by atoms with E-state index in [9.17, 15) is 14.7 Å². The molecule has 3 aromatic carbocycles. The zero-order valence-corrected chi connectivity index (χ0v) is 20.4. The van der Waals surface area contributed by atoms with Crippen molar-refractivity contribution in [2.24, 2.45) is 0 Å². The van der Waals surface area contributed by atoms with Crippen LogP contribution in [0.2, 0.25) is 5.02 Å². The monoisotopic (exact) mass is 504 g/mol. The van der Waals surface area contributed by atoms with E-state index in [0.29, 0.717) is 34.1 Å². The molecule has 3 aromatic rings. The van der Waals surface area contributed by atoms with E-state index in [2.05, 4.69) is 0 Å². The van der Waals surface area contributed by atoms with Gasteiger partial charge in [0.2, 0.25) is 0 Å². The summed E-state index contributed by atoms with van der Waals surface area (Å²) in [5.74, 6) is -0.868. The number of anilines is 1. The van der Waals surface area contributed by atoms with Crippen LogP contribution in [0.4, 0.5) is 5.69 Å². The molecule has 1 aliphatic rings. The summed E-state index contributed by atoms with van der Waals surface area (Å²) < 4.78 is 15.9. The topological polar surface area (TPSA) is 109 Å². The number of amides is 1. The number of hydrogen-bond donors (Lipinski definition) is 1. The van der Waals surface area contributed by atoms with Crippen LogP contribution >= 0.6 is 11.6 Å². The number of rotatable bonds is 6. The fourth-order valence-electron chi connectivity index (χ4n) is 4.10. The summed E-state index contributed by atoms with van der Waals surface area (Å²) in [5.41, 5.74) is 1.38. The molecule has 1 amide bonds. The summed E-state index contributed by atoms with van der Waals surface area (Å²) in [7, 11) is 4.42. The van der Waals surface area contributed by atoms with E-state index in [-0.39, 0.29) is 16.2 Å². The maximum atomic E-state index is 13.3. The molecule has 1 unspecified atom stereocenters. The molecule has 8 nitrogen and oxygen atoms in total. The van der Waals surface area contributed by atoms with Crippen molar-refractivity contribution in [3.05, 3.63) is 87.9 Å². The molecular weight excluding hydrogens is 484 g/mol. The highest BCUT2D eigenvalue weighted by atomic mass is 35.5. The van der Waals surface area contributed by atoms with E-state index in [4.69, 9.17) is 31.1 Å². The highest BCUT2D eigenvalue weighted by Crippen LogP contribution is 2.44. The van der Waals surface area contributed by atoms with Crippen LogP contribution in [0.3, 0.4) is 0 Å². The minimum Gasteiger partial charge on any atom is -0.507 e. The molecule has 0 saturated carbocycles. The Labute approximate surface area is 212 Å². The molecule has 1 fully saturated rings. The van der Waals surface area contributed by atoms with Gasteiger partial charge in [0, 0.05) is 11.3 Å². The van der Waals surface area contributed by atoms with Gasteiger partial charge in [0.1, 0.15) is 11.5 Å². The van der Waals surface area contributed by atoms with E-state index >= 15 is 0 Å². The van der Waals surface area contributed by atoms with Crippen molar-refractivity contribution in [1.82, 2.24) is 0 Å². The fourth-order valence-corrected chi connectivity index (χ4v) is 4.36. The molecule has 1 aliphatic heterocycles. The molecule has 0 aliphatic carbocycles. The SMILES string of the molecule is COc1ccc(/C(O)=C2/C(=O)C(=O)N(c3ccc(C#N)cc3)C2c2ccc(OC)c(OC)c2)cc1Cl. The Morgan fingerprint density at radius 3 is 2.14 bits per heavy atom. The zero-order valence-electron chi connectivity index (χ0n) is 19.6. The van der Waals surface area contributed by atoms with Crippen LogP contribution in [-0.4, -0.2) is 38.1 Å². The van der Waals surface area contributed by atoms with Gasteiger partial charge >= 0.3 is 0 Å². The largest absolute Gasteiger partial charge is 0.507 e. The maximum absolute atomic E-state index is 13.3. The first-order valence-electron chi connectivity index (χ1n) is 10.7. The third-order valence-electron chi connectivity index (χ3n) is 5.87. The van der Waals surface area contributed by atoms with Gasteiger partial charge in [-0.3, -0.25) is 14.5 Å². The van der Waals surface area contributed by atoms with E-state index in [1.165, 1.54) is 32.3 Å². The predicted molar refractivity (Wildman–Crippen MR) is 133 cm³/mol. The van der Waals surface area contributed by atoms with Gasteiger partial charge in [-0.15, -0.1) is 0 Å². The molecule has 4 rings (SSSR count). The first kappa shape index (κ1) is 24.6. The molecule has 1 atom stereocenters. The van der Waals surface area contributed by atoms with E-state index in [1.54, 1.807) is 54.6 Å². The summed E-state index contributed by atoms with van der Waals surface area (Å²) in [6, 6.07) is 16.8. The Morgan fingerprint density at radius 2 is 1.56 bits per heavy atom. The number of ketones is 1. The first-order valence-corrected chi connectivity index (χ1v) is 11.1. The summed E-state index contributed by atoms with van der Waals surface area (Å²) in [6.45, 7) is 0. The van der Waals surface area contributed by atoms with Gasteiger partial charge < -0.3 is 19.3 Å². The van der Waals surface area contributed by atoms with Crippen molar-refractivity contribution >= 4 is 34.7 Å². The van der Waals surface area contributed by atoms with Crippen molar-refractivity contribution in [2.75, 3.05) is 26.2 Å². The third kappa shape index (κ3) is 4.21. The van der Waals surface area contributed by atoms with Crippen molar-refractivity contribution in [2.45, 2.75) is 6.04 Å². The lowest BCUT2D eigenvalue weighted by atomic mass is 9.94. The number of nitrogens with zero attached hydrogens (tertiary/aromatic N) is 2. The average Bonchev–Trinajstić information content (AvgIpc) is 3.17. The number of aliphatic hydroxyl groups is 1. The summed E-state index contributed by atoms with van der Waals surface area (Å²) in [4.78, 5) is 27.9. The second-order valence-corrected chi connectivity index (χ2v) is 8.20. The number of halogens is 1. The Kier molecular flexibility index (Phi) is 6.86. The Balaban J connectivity index is 1.96. The maximum Gasteiger partial charge on any atom is 0.300 e. The fraction of sp³-hybridized carbons (Fsp3) is 0.148. The minimum absolute atomic E-state index is 0.127. The number of Topliss-reactive ketones (excluding diaryl/α,β-unsaturated/α-hetero) is 1. The molecule has 0 spiro atoms. The second-order valence-electron chi connectivity index (χ2n) is 7.79. The molecule has 0 bridgehead atoms. The van der Waals surface area contributed by atoms with Gasteiger partial charge in [-0.2, -0.15) is 5.26 Å². The number of nitriles is 1. The van der Waals surface area contributed by atoms with Crippen LogP contribution in [0, 0.1) is 11.3 Å². The Morgan fingerprint density at radius 1 is 0.917 bits per heavy atom. The van der Waals surface area contributed by atoms with Gasteiger partial charge in [0.05, 0.1) is 49.6 Å². The number of hydrogen-bond acceptors (Lipinski definition) is 7. The van der Waals surface area contributed by atoms with Crippen LogP contribution in [0.5, 0.6) is 17.2 Å². The van der Waals surface area contributed by atoms with Gasteiger partial charge in [0.25, 0.3) is 11.7 Å². The van der Waals surface area contributed by atoms with E-state index in [1.807, 2.05) is 6.07 Å². The lowest BCUT2D eigenvalue weighted by molar-refractivity contribution is -0.132. The van der Waals surface area contributed by atoms with Crippen LogP contribution in [0.25, 0.3) is 5.76 Å². The van der Waals surface area contributed by atoms with Crippen LogP contribution in [0.15, 0.2) is 66.2 Å². The van der Waals surface area contributed by atoms with Crippen LogP contribution in [-0.2, 0) is 9.59 Å². The highest BCUT2D eigenvalue weighted by Gasteiger charge is 2.47. The lowest BCUT2D eigenvalue weighted by Crippen LogP contribution is -2.29. The molecule has 1 saturated heterocycles. The molecular formula is C27H21ClN2O6. The van der Waals surface area contributed by atoms with Crippen molar-refractivity contribution in [3.8, 4) is 23.3 Å². The number of ether oxygens (including phenoxy) is 3. The predicted octanol–water partition coefficient (Wildman–Crippen LogP) is 4.86. The standard InChI is InChI=1S/C27H21ClN2O6/c1-34-20-10-7-17(12-19(20)28)25(31)23-24(16-6-11-21(35-2)22(13-16)36-3)30(27(33)26(23)32)18-8-4-15(14-29)5-9-18/h4-13,24,31H,1-3H3/b25-23-. The molecule has 36 heavy (non-hydrogen) atoms. The number of carbonyl (C=O) groups is 2. The van der Waals surface area contributed by atoms with Gasteiger partial charge in [0.15, 0.2) is 11.5 Å². The quantitative estimate of drug-likeness (QED) is 0.290. The molecule has 0 aromatic heterocycles. The van der Waals surface area contributed by atoms with Gasteiger partial charge in [-0.25, -0.2) is 0 Å². The van der Waals surface area contributed by atoms with Crippen molar-refractivity contribution in [1.29, 1.82) is 5.26 Å². The number of benzene rings is 3. The van der Waals surface area contributed by atoms with Crippen molar-refractivity contribution < 1.29 is 28.9 Å². The lowest BCUT2D eigenvalue weighted by Gasteiger charge is -2.26. The molecule has 182 valence electrons. The summed E-state index contributed by atoms with van der Waals surface area (Å²) in [6.07, 6.45) is 0. The zero-order chi connectivity index (χ0) is 26.0. The number of carbonyl (C=O) groups excluding carboxylic acids is 2. The summed E-state index contributed by atoms with van der Waals surface area (Å²) in [5, 5.41) is 20.7. The van der Waals surface area contributed by atoms with E-state index in [0.717, 1.165) is 0 Å². The molecule has 9 heteroatoms. The Bertz CT molecular complexity index is 1430.